The molecule has 0 bridgehead atoms. The van der Waals surface area contributed by atoms with Crippen molar-refractivity contribution in [1.29, 1.82) is 0 Å². The van der Waals surface area contributed by atoms with Crippen LogP contribution in [0.15, 0.2) is 59.7 Å². The quantitative estimate of drug-likeness (QED) is 0.00929. The fraction of sp³-hybridized carbons (Fsp3) is 0.697. The van der Waals surface area contributed by atoms with Crippen LogP contribution in [0.4, 0.5) is 0 Å². The van der Waals surface area contributed by atoms with Gasteiger partial charge in [0.25, 0.3) is 0 Å². The molecule has 0 aliphatic heterocycles. The van der Waals surface area contributed by atoms with Crippen LogP contribution >= 0.6 is 0 Å². The summed E-state index contributed by atoms with van der Waals surface area (Å²) in [5, 5.41) is 0. The van der Waals surface area contributed by atoms with Gasteiger partial charge in [0.15, 0.2) is 0 Å². The number of allylic oxidation sites excluding steroid dienone is 2. The second kappa shape index (κ2) is 54.9. The summed E-state index contributed by atoms with van der Waals surface area (Å²) in [6.07, 6.45) is 51.4. The van der Waals surface area contributed by atoms with E-state index < -0.39 is 0 Å². The molecule has 69 heavy (non-hydrogen) atoms. The number of rotatable bonds is 42. The third kappa shape index (κ3) is 37.9. The van der Waals surface area contributed by atoms with E-state index in [1.165, 1.54) is 232 Å². The van der Waals surface area contributed by atoms with Crippen molar-refractivity contribution in [1.82, 2.24) is 0 Å². The summed E-state index contributed by atoms with van der Waals surface area (Å²) >= 11 is 0. The zero-order chi connectivity index (χ0) is 49.8. The van der Waals surface area contributed by atoms with Crippen LogP contribution in [0, 0.1) is 25.7 Å². The first kappa shape index (κ1) is 68.6. The summed E-state index contributed by atoms with van der Waals surface area (Å²) in [6.45, 7) is 19.2. The standard InChI is InChI=1S/C62H100N2.2C2H5.Pd/c1-5-9-13-17-19-20-21-22-23-24-25-26-27-28-29-30-31-32-33-34-35-36-37-41-48-57-49-43-44-53-60(57)62(58-51-45-47-56(54-58)46-39-15-11-7-3)61(52-42-38-18-14-10-6-2)59(55-64-63)50-40-16-12-8-4;2*1-2;/h43-45,47,49,51,53-54H,5-34,37-42,46,48,50,52H2,1-4H3;2*1H2,2H3;/q;2*-1;+2. The average molecular weight is 1040 g/mol. The smallest absolute Gasteiger partial charge is 0.348 e. The van der Waals surface area contributed by atoms with Crippen LogP contribution in [0.25, 0.3) is 11.1 Å². The van der Waals surface area contributed by atoms with Crippen molar-refractivity contribution in [2.45, 2.75) is 298 Å². The Balaban J connectivity index is 0. The summed E-state index contributed by atoms with van der Waals surface area (Å²) in [5.74, 6) is 10.2. The molecule has 2 rings (SSSR count). The average Bonchev–Trinajstić information content (AvgIpc) is 3.37. The van der Waals surface area contributed by atoms with E-state index in [2.05, 4.69) is 113 Å². The number of aryl methyl sites for hydroxylation is 2. The molecule has 0 fully saturated rings. The number of hydrogen-bond donors (Lipinski definition) is 0. The van der Waals surface area contributed by atoms with Crippen molar-refractivity contribution >= 4 is 11.4 Å². The van der Waals surface area contributed by atoms with Gasteiger partial charge in [-0.05, 0) is 91.2 Å². The van der Waals surface area contributed by atoms with Crippen LogP contribution < -0.4 is 0 Å². The van der Waals surface area contributed by atoms with Crippen LogP contribution in [0.5, 0.6) is 0 Å². The van der Waals surface area contributed by atoms with E-state index in [4.69, 9.17) is 0 Å². The molecule has 0 saturated carbocycles. The van der Waals surface area contributed by atoms with Crippen molar-refractivity contribution in [3.05, 3.63) is 101 Å². The molecule has 0 heterocycles. The maximum atomic E-state index is 10.0. The summed E-state index contributed by atoms with van der Waals surface area (Å²) < 4.78 is 0. The topological polar surface area (TPSA) is 36.4 Å². The molecule has 0 atom stereocenters. The van der Waals surface area contributed by atoms with Crippen LogP contribution in [0.3, 0.4) is 0 Å². The number of hydrogen-bond acceptors (Lipinski definition) is 0. The van der Waals surface area contributed by atoms with Gasteiger partial charge in [0.1, 0.15) is 0 Å². The van der Waals surface area contributed by atoms with E-state index in [0.29, 0.717) is 0 Å². The fourth-order valence-electron chi connectivity index (χ4n) is 9.52. The van der Waals surface area contributed by atoms with Gasteiger partial charge in [0, 0.05) is 12.8 Å². The zero-order valence-corrected chi connectivity index (χ0v) is 48.1. The predicted octanol–water partition coefficient (Wildman–Crippen LogP) is 22.0. The minimum absolute atomic E-state index is 0. The molecule has 2 aromatic carbocycles. The second-order valence-electron chi connectivity index (χ2n) is 19.4. The van der Waals surface area contributed by atoms with Gasteiger partial charge in [-0.1, -0.05) is 262 Å². The summed E-state index contributed by atoms with van der Waals surface area (Å²) in [4.78, 5) is 3.59. The Morgan fingerprint density at radius 3 is 1.38 bits per heavy atom. The Morgan fingerprint density at radius 1 is 0.449 bits per heavy atom. The molecule has 0 aromatic heterocycles. The van der Waals surface area contributed by atoms with Gasteiger partial charge in [-0.2, -0.15) is 13.8 Å². The molecule has 0 N–H and O–H groups in total. The summed E-state index contributed by atoms with van der Waals surface area (Å²) in [6, 6.07) is 18.5. The molecule has 3 heteroatoms. The van der Waals surface area contributed by atoms with Gasteiger partial charge >= 0.3 is 26.3 Å². The molecule has 394 valence electrons. The molecular weight excluding hydrogens is 927 g/mol. The predicted molar refractivity (Wildman–Crippen MR) is 306 cm³/mol. The Kier molecular flexibility index (Phi) is 54.6. The Morgan fingerprint density at radius 2 is 0.870 bits per heavy atom. The van der Waals surface area contributed by atoms with Gasteiger partial charge in [-0.3, -0.25) is 0 Å². The van der Waals surface area contributed by atoms with Gasteiger partial charge in [-0.15, -0.1) is 16.6 Å². The monoisotopic (exact) mass is 1040 g/mol. The molecule has 0 unspecified atom stereocenters. The van der Waals surface area contributed by atoms with Crippen molar-refractivity contribution < 1.29 is 25.2 Å². The van der Waals surface area contributed by atoms with Gasteiger partial charge in [0.2, 0.25) is 0 Å². The van der Waals surface area contributed by atoms with E-state index in [1.807, 2.05) is 0 Å². The molecule has 0 saturated heterocycles. The third-order valence-corrected chi connectivity index (χ3v) is 13.5. The fourth-order valence-corrected chi connectivity index (χ4v) is 9.52. The second-order valence-corrected chi connectivity index (χ2v) is 19.4. The molecule has 2 nitrogen and oxygen atoms in total. The zero-order valence-electron chi connectivity index (χ0n) is 46.5. The van der Waals surface area contributed by atoms with E-state index in [0.717, 1.165) is 63.4 Å². The molecule has 0 radical (unpaired) electrons. The molecule has 0 amide bonds. The van der Waals surface area contributed by atoms with Crippen LogP contribution in [-0.2, 0) is 33.3 Å². The summed E-state index contributed by atoms with van der Waals surface area (Å²) in [7, 11) is 0. The first-order valence-electron chi connectivity index (χ1n) is 29.4. The first-order chi connectivity index (χ1) is 33.7. The number of benzene rings is 2. The third-order valence-electron chi connectivity index (χ3n) is 13.5. The Labute approximate surface area is 445 Å². The van der Waals surface area contributed by atoms with E-state index >= 15 is 0 Å². The van der Waals surface area contributed by atoms with Crippen LogP contribution in [-0.4, -0.2) is 10.7 Å². The number of nitrogens with zero attached hydrogens (tertiary/aromatic N) is 2. The van der Waals surface area contributed by atoms with Crippen molar-refractivity contribution in [2.24, 2.45) is 0 Å². The van der Waals surface area contributed by atoms with Gasteiger partial charge in [0.05, 0.1) is 5.57 Å². The minimum atomic E-state index is 0. The van der Waals surface area contributed by atoms with Crippen molar-refractivity contribution in [3.8, 4) is 11.8 Å². The van der Waals surface area contributed by atoms with Gasteiger partial charge in [-0.25, -0.2) is 0 Å². The molecule has 0 spiro atoms. The Hall–Kier alpha value is -2.44. The van der Waals surface area contributed by atoms with E-state index in [-0.39, 0.29) is 20.4 Å². The summed E-state index contributed by atoms with van der Waals surface area (Å²) in [5.41, 5.74) is 19.2. The normalized spacial score (nSPS) is 10.8. The van der Waals surface area contributed by atoms with Crippen molar-refractivity contribution in [2.75, 3.05) is 0 Å². The van der Waals surface area contributed by atoms with Crippen LogP contribution in [0.1, 0.15) is 308 Å². The molecule has 0 aliphatic carbocycles. The van der Waals surface area contributed by atoms with E-state index in [9.17, 15) is 5.53 Å². The molecule has 0 aliphatic rings. The maximum Gasteiger partial charge on any atom is 2.00 e. The first-order valence-corrected chi connectivity index (χ1v) is 29.4. The Bertz CT molecular complexity index is 1600. The van der Waals surface area contributed by atoms with Crippen LogP contribution in [0.2, 0.25) is 0 Å². The maximum absolute atomic E-state index is 10.0. The van der Waals surface area contributed by atoms with E-state index in [1.54, 1.807) is 13.8 Å². The molecule has 2 aromatic rings. The number of unbranched alkanes of at least 4 members (excludes halogenated alkanes) is 31. The minimum Gasteiger partial charge on any atom is -0.348 e. The van der Waals surface area contributed by atoms with Gasteiger partial charge < -0.3 is 19.4 Å². The van der Waals surface area contributed by atoms with Crippen molar-refractivity contribution in [3.63, 3.8) is 0 Å². The largest absolute Gasteiger partial charge is 2.00 e. The molecular formula is C66H110N2Pd. The SMILES string of the molecule is CCCCCCCCCCCCCCCCCCCCCC#CCCCc1ccccc1C(=C(CCCCCCCC)C(=C=[N+]=[N-])CCCCCC)c1cccc(CCCCCC)c1.[CH2-]C.[CH2-]C.[Pd+2].